The van der Waals surface area contributed by atoms with E-state index in [1.165, 1.54) is 37.4 Å². The highest BCUT2D eigenvalue weighted by molar-refractivity contribution is 5.98. The molecular weight excluding hydrogens is 381 g/mol. The molecule has 0 aromatic heterocycles. The maximum Gasteiger partial charge on any atom is 0.269 e. The molecule has 8 nitrogen and oxygen atoms in total. The van der Waals surface area contributed by atoms with E-state index in [-0.39, 0.29) is 17.2 Å². The van der Waals surface area contributed by atoms with Crippen LogP contribution in [0.3, 0.4) is 0 Å². The molecule has 0 radical (unpaired) electrons. The van der Waals surface area contributed by atoms with E-state index < -0.39 is 30.1 Å². The summed E-state index contributed by atoms with van der Waals surface area (Å²) in [5, 5.41) is 2.27. The first-order chi connectivity index (χ1) is 13.8. The topological polar surface area (TPSA) is 106 Å². The summed E-state index contributed by atoms with van der Waals surface area (Å²) in [5.41, 5.74) is 4.44. The molecule has 0 aliphatic rings. The van der Waals surface area contributed by atoms with Crippen molar-refractivity contribution < 1.29 is 28.2 Å². The third-order valence-corrected chi connectivity index (χ3v) is 3.63. The Balaban J connectivity index is 1.87. The Kier molecular flexibility index (Phi) is 7.53. The monoisotopic (exact) mass is 403 g/mol. The number of hydrogen-bond acceptors (Lipinski definition) is 5. The zero-order chi connectivity index (χ0) is 21.4. The minimum absolute atomic E-state index is 0.0672. The van der Waals surface area contributed by atoms with Gasteiger partial charge in [0.1, 0.15) is 5.82 Å². The van der Waals surface area contributed by atoms with Crippen LogP contribution in [0.15, 0.2) is 42.5 Å². The average Bonchev–Trinajstić information content (AvgIpc) is 2.70. The van der Waals surface area contributed by atoms with Crippen LogP contribution in [0.2, 0.25) is 0 Å². The van der Waals surface area contributed by atoms with E-state index in [1.54, 1.807) is 6.07 Å². The largest absolute Gasteiger partial charge is 0.493 e. The summed E-state index contributed by atoms with van der Waals surface area (Å²) < 4.78 is 24.3. The molecule has 0 aliphatic carbocycles. The number of hydrogen-bond donors (Lipinski definition) is 3. The van der Waals surface area contributed by atoms with Gasteiger partial charge in [0.25, 0.3) is 17.7 Å². The van der Waals surface area contributed by atoms with E-state index in [9.17, 15) is 18.8 Å². The molecule has 2 rings (SSSR count). The molecule has 0 heterocycles. The van der Waals surface area contributed by atoms with Gasteiger partial charge in [-0.2, -0.15) is 0 Å². The van der Waals surface area contributed by atoms with Gasteiger partial charge in [0.2, 0.25) is 0 Å². The summed E-state index contributed by atoms with van der Waals surface area (Å²) in [6, 6.07) is 9.96. The van der Waals surface area contributed by atoms with E-state index in [1.807, 2.05) is 13.8 Å². The average molecular weight is 403 g/mol. The van der Waals surface area contributed by atoms with Gasteiger partial charge >= 0.3 is 0 Å². The van der Waals surface area contributed by atoms with Crippen LogP contribution in [-0.2, 0) is 4.79 Å². The Bertz CT molecular complexity index is 901. The minimum atomic E-state index is -0.741. The molecule has 2 aromatic rings. The first-order valence-corrected chi connectivity index (χ1v) is 8.78. The molecule has 9 heteroatoms. The molecule has 0 saturated heterocycles. The zero-order valence-corrected chi connectivity index (χ0v) is 16.2. The lowest BCUT2D eigenvalue weighted by atomic mass is 10.2. The highest BCUT2D eigenvalue weighted by atomic mass is 19.1. The second kappa shape index (κ2) is 10.1. The van der Waals surface area contributed by atoms with Crippen LogP contribution in [0.4, 0.5) is 4.39 Å². The number of carbonyl (C=O) groups is 3. The van der Waals surface area contributed by atoms with E-state index in [0.717, 1.165) is 6.07 Å². The molecule has 2 aromatic carbocycles. The molecule has 0 aliphatic heterocycles. The second-order valence-electron chi connectivity index (χ2n) is 6.20. The Morgan fingerprint density at radius 1 is 1.00 bits per heavy atom. The van der Waals surface area contributed by atoms with Gasteiger partial charge in [-0.05, 0) is 44.2 Å². The van der Waals surface area contributed by atoms with Crippen LogP contribution < -0.4 is 25.6 Å². The summed E-state index contributed by atoms with van der Waals surface area (Å²) in [6.45, 7) is 3.28. The summed E-state index contributed by atoms with van der Waals surface area (Å²) in [4.78, 5) is 35.9. The molecular formula is C20H22FN3O5. The maximum atomic E-state index is 13.5. The SMILES string of the molecule is COc1cc(C(=O)NNC(=O)CNC(=O)c2ccccc2F)ccc1OC(C)C. The quantitative estimate of drug-likeness (QED) is 0.612. The highest BCUT2D eigenvalue weighted by Gasteiger charge is 2.14. The van der Waals surface area contributed by atoms with Gasteiger partial charge in [-0.25, -0.2) is 4.39 Å². The van der Waals surface area contributed by atoms with Crippen molar-refractivity contribution in [3.05, 3.63) is 59.4 Å². The Morgan fingerprint density at radius 3 is 2.38 bits per heavy atom. The molecule has 29 heavy (non-hydrogen) atoms. The van der Waals surface area contributed by atoms with Crippen molar-refractivity contribution in [1.29, 1.82) is 0 Å². The zero-order valence-electron chi connectivity index (χ0n) is 16.2. The van der Waals surface area contributed by atoms with Gasteiger partial charge in [-0.15, -0.1) is 0 Å². The van der Waals surface area contributed by atoms with E-state index in [4.69, 9.17) is 9.47 Å². The molecule has 0 atom stereocenters. The third-order valence-electron chi connectivity index (χ3n) is 3.63. The van der Waals surface area contributed by atoms with Crippen LogP contribution in [0.1, 0.15) is 34.6 Å². The predicted octanol–water partition coefficient (Wildman–Crippen LogP) is 1.81. The van der Waals surface area contributed by atoms with Crippen molar-refractivity contribution in [3.8, 4) is 11.5 Å². The number of amides is 3. The first-order valence-electron chi connectivity index (χ1n) is 8.78. The van der Waals surface area contributed by atoms with Crippen molar-refractivity contribution in [1.82, 2.24) is 16.2 Å². The standard InChI is InChI=1S/C20H22FN3O5/c1-12(2)29-16-9-8-13(10-17(16)28-3)19(26)24-23-18(25)11-22-20(27)14-6-4-5-7-15(14)21/h4-10,12H,11H2,1-3H3,(H,22,27)(H,23,25)(H,24,26). The van der Waals surface area contributed by atoms with Gasteiger partial charge in [-0.3, -0.25) is 25.2 Å². The number of methoxy groups -OCH3 is 1. The van der Waals surface area contributed by atoms with Crippen LogP contribution in [0.25, 0.3) is 0 Å². The number of carbonyl (C=O) groups excluding carboxylic acids is 3. The summed E-state index contributed by atoms with van der Waals surface area (Å²) in [5.74, 6) is -1.86. The lowest BCUT2D eigenvalue weighted by Gasteiger charge is -2.14. The number of rotatable bonds is 7. The fraction of sp³-hybridized carbons (Fsp3) is 0.250. The van der Waals surface area contributed by atoms with Crippen LogP contribution in [0, 0.1) is 5.82 Å². The van der Waals surface area contributed by atoms with Crippen molar-refractivity contribution in [3.63, 3.8) is 0 Å². The van der Waals surface area contributed by atoms with Crippen LogP contribution in [-0.4, -0.2) is 37.5 Å². The summed E-state index contributed by atoms with van der Waals surface area (Å²) in [7, 11) is 1.45. The number of halogens is 1. The molecule has 154 valence electrons. The third kappa shape index (κ3) is 6.20. The van der Waals surface area contributed by atoms with Gasteiger partial charge < -0.3 is 14.8 Å². The molecule has 0 unspecified atom stereocenters. The molecule has 3 N–H and O–H groups in total. The van der Waals surface area contributed by atoms with Gasteiger partial charge in [-0.1, -0.05) is 12.1 Å². The summed E-state index contributed by atoms with van der Waals surface area (Å²) in [6.07, 6.45) is -0.0672. The Labute approximate surface area is 167 Å². The van der Waals surface area contributed by atoms with Gasteiger partial charge in [0, 0.05) is 5.56 Å². The number of nitrogens with one attached hydrogen (secondary N) is 3. The molecule has 0 saturated carbocycles. The van der Waals surface area contributed by atoms with Crippen molar-refractivity contribution >= 4 is 17.7 Å². The van der Waals surface area contributed by atoms with Crippen molar-refractivity contribution in [2.24, 2.45) is 0 Å². The van der Waals surface area contributed by atoms with Gasteiger partial charge in [0.15, 0.2) is 11.5 Å². The number of benzene rings is 2. The normalized spacial score (nSPS) is 10.2. The molecule has 3 amide bonds. The van der Waals surface area contributed by atoms with Crippen molar-refractivity contribution in [2.45, 2.75) is 20.0 Å². The molecule has 0 spiro atoms. The van der Waals surface area contributed by atoms with E-state index >= 15 is 0 Å². The lowest BCUT2D eigenvalue weighted by molar-refractivity contribution is -0.120. The highest BCUT2D eigenvalue weighted by Crippen LogP contribution is 2.28. The summed E-state index contributed by atoms with van der Waals surface area (Å²) >= 11 is 0. The predicted molar refractivity (Wildman–Crippen MR) is 103 cm³/mol. The molecule has 0 bridgehead atoms. The number of ether oxygens (including phenoxy) is 2. The van der Waals surface area contributed by atoms with Crippen LogP contribution >= 0.6 is 0 Å². The first kappa shape index (κ1) is 21.7. The minimum Gasteiger partial charge on any atom is -0.493 e. The van der Waals surface area contributed by atoms with E-state index in [2.05, 4.69) is 16.2 Å². The maximum absolute atomic E-state index is 13.5. The lowest BCUT2D eigenvalue weighted by Crippen LogP contribution is -2.46. The Morgan fingerprint density at radius 2 is 1.72 bits per heavy atom. The Hall–Kier alpha value is -3.62. The van der Waals surface area contributed by atoms with Crippen molar-refractivity contribution in [2.75, 3.05) is 13.7 Å². The smallest absolute Gasteiger partial charge is 0.269 e. The number of hydrazine groups is 1. The van der Waals surface area contributed by atoms with Gasteiger partial charge in [0.05, 0.1) is 25.3 Å². The molecule has 0 fully saturated rings. The van der Waals surface area contributed by atoms with E-state index in [0.29, 0.717) is 11.5 Å². The fourth-order valence-electron chi connectivity index (χ4n) is 2.30. The second-order valence-corrected chi connectivity index (χ2v) is 6.20. The fourth-order valence-corrected chi connectivity index (χ4v) is 2.30. The van der Waals surface area contributed by atoms with Crippen LogP contribution in [0.5, 0.6) is 11.5 Å².